The Labute approximate surface area is 123 Å². The first-order chi connectivity index (χ1) is 9.59. The van der Waals surface area contributed by atoms with Gasteiger partial charge in [0.25, 0.3) is 10.2 Å². The molecule has 2 aliphatic rings. The van der Waals surface area contributed by atoms with E-state index in [4.69, 9.17) is 0 Å². The standard InChI is InChI=1S/C14H29N3O2S/c1-3-17(14-8-4-5-9-14)20(18,19)16-10-6-7-13(12-16)11-15-2/h13-15H,3-12H2,1-2H3. The number of piperidine rings is 1. The van der Waals surface area contributed by atoms with Gasteiger partial charge in [0.05, 0.1) is 0 Å². The first kappa shape index (κ1) is 16.2. The molecule has 0 aromatic heterocycles. The third kappa shape index (κ3) is 3.53. The van der Waals surface area contributed by atoms with Crippen molar-refractivity contribution in [2.45, 2.75) is 51.5 Å². The van der Waals surface area contributed by atoms with Crippen LogP contribution < -0.4 is 5.32 Å². The Morgan fingerprint density at radius 1 is 1.20 bits per heavy atom. The number of rotatable bonds is 6. The Morgan fingerprint density at radius 3 is 2.50 bits per heavy atom. The maximum absolute atomic E-state index is 12.9. The molecule has 1 heterocycles. The highest BCUT2D eigenvalue weighted by molar-refractivity contribution is 7.86. The molecular weight excluding hydrogens is 274 g/mol. The van der Waals surface area contributed by atoms with Gasteiger partial charge in [0.1, 0.15) is 0 Å². The fourth-order valence-corrected chi connectivity index (χ4v) is 5.61. The SMILES string of the molecule is CCN(C1CCCC1)S(=O)(=O)N1CCCC(CNC)C1. The van der Waals surface area contributed by atoms with Crippen LogP contribution in [0.4, 0.5) is 0 Å². The smallest absolute Gasteiger partial charge is 0.282 e. The second-order valence-corrected chi connectivity index (χ2v) is 7.95. The van der Waals surface area contributed by atoms with Crippen molar-refractivity contribution in [3.63, 3.8) is 0 Å². The monoisotopic (exact) mass is 303 g/mol. The molecule has 1 aliphatic carbocycles. The van der Waals surface area contributed by atoms with E-state index in [9.17, 15) is 8.42 Å². The highest BCUT2D eigenvalue weighted by Gasteiger charge is 2.37. The second kappa shape index (κ2) is 7.20. The quantitative estimate of drug-likeness (QED) is 0.807. The van der Waals surface area contributed by atoms with E-state index in [1.54, 1.807) is 8.61 Å². The summed E-state index contributed by atoms with van der Waals surface area (Å²) < 4.78 is 29.2. The molecule has 2 rings (SSSR count). The van der Waals surface area contributed by atoms with Crippen LogP contribution >= 0.6 is 0 Å². The van der Waals surface area contributed by atoms with Crippen molar-refractivity contribution in [3.8, 4) is 0 Å². The van der Waals surface area contributed by atoms with Gasteiger partial charge in [-0.15, -0.1) is 0 Å². The normalized spacial score (nSPS) is 26.4. The van der Waals surface area contributed by atoms with Gasteiger partial charge in [-0.25, -0.2) is 0 Å². The molecule has 1 unspecified atom stereocenters. The molecule has 1 N–H and O–H groups in total. The average Bonchev–Trinajstić information content (AvgIpc) is 2.94. The topological polar surface area (TPSA) is 52.7 Å². The van der Waals surface area contributed by atoms with Gasteiger partial charge in [-0.05, 0) is 45.2 Å². The molecule has 1 atom stereocenters. The summed E-state index contributed by atoms with van der Waals surface area (Å²) >= 11 is 0. The summed E-state index contributed by atoms with van der Waals surface area (Å²) in [6.07, 6.45) is 6.50. The van der Waals surface area contributed by atoms with Crippen molar-refractivity contribution < 1.29 is 8.42 Å². The van der Waals surface area contributed by atoms with Gasteiger partial charge in [0.15, 0.2) is 0 Å². The molecule has 20 heavy (non-hydrogen) atoms. The van der Waals surface area contributed by atoms with Crippen molar-refractivity contribution in [2.24, 2.45) is 5.92 Å². The molecule has 6 heteroatoms. The summed E-state index contributed by atoms with van der Waals surface area (Å²) in [6, 6.07) is 0.231. The first-order valence-electron chi connectivity index (χ1n) is 8.01. The predicted molar refractivity (Wildman–Crippen MR) is 81.8 cm³/mol. The molecule has 1 saturated carbocycles. The van der Waals surface area contributed by atoms with Crippen molar-refractivity contribution in [1.29, 1.82) is 0 Å². The molecule has 0 aromatic rings. The Morgan fingerprint density at radius 2 is 1.90 bits per heavy atom. The van der Waals surface area contributed by atoms with Gasteiger partial charge in [-0.1, -0.05) is 19.8 Å². The molecule has 0 amide bonds. The maximum Gasteiger partial charge on any atom is 0.282 e. The lowest BCUT2D eigenvalue weighted by Gasteiger charge is -2.37. The fraction of sp³-hybridized carbons (Fsp3) is 1.00. The van der Waals surface area contributed by atoms with Crippen LogP contribution in [0.5, 0.6) is 0 Å². The van der Waals surface area contributed by atoms with Crippen molar-refractivity contribution >= 4 is 10.2 Å². The lowest BCUT2D eigenvalue weighted by molar-refractivity contribution is 0.232. The summed E-state index contributed by atoms with van der Waals surface area (Å²) in [5.74, 6) is 0.450. The number of hydrogen-bond acceptors (Lipinski definition) is 3. The second-order valence-electron chi connectivity index (χ2n) is 6.07. The fourth-order valence-electron chi connectivity index (χ4n) is 3.64. The highest BCUT2D eigenvalue weighted by Crippen LogP contribution is 2.28. The van der Waals surface area contributed by atoms with E-state index in [0.717, 1.165) is 32.2 Å². The van der Waals surface area contributed by atoms with Crippen LogP contribution in [0.1, 0.15) is 45.4 Å². The van der Waals surface area contributed by atoms with Gasteiger partial charge in [0.2, 0.25) is 0 Å². The zero-order valence-electron chi connectivity index (χ0n) is 12.8. The molecule has 2 fully saturated rings. The van der Waals surface area contributed by atoms with Gasteiger partial charge in [0, 0.05) is 25.7 Å². The number of nitrogens with one attached hydrogen (secondary N) is 1. The molecule has 1 saturated heterocycles. The Bertz CT molecular complexity index is 391. The molecule has 0 spiro atoms. The molecule has 118 valence electrons. The average molecular weight is 303 g/mol. The van der Waals surface area contributed by atoms with Crippen LogP contribution in [0.3, 0.4) is 0 Å². The minimum atomic E-state index is -3.27. The lowest BCUT2D eigenvalue weighted by Crippen LogP contribution is -2.51. The zero-order valence-corrected chi connectivity index (χ0v) is 13.7. The van der Waals surface area contributed by atoms with Gasteiger partial charge < -0.3 is 5.32 Å². The van der Waals surface area contributed by atoms with E-state index in [1.165, 1.54) is 12.8 Å². The summed E-state index contributed by atoms with van der Waals surface area (Å²) in [5.41, 5.74) is 0. The molecular formula is C14H29N3O2S. The van der Waals surface area contributed by atoms with Gasteiger partial charge in [-0.3, -0.25) is 0 Å². The minimum Gasteiger partial charge on any atom is -0.319 e. The number of nitrogens with zero attached hydrogens (tertiary/aromatic N) is 2. The van der Waals surface area contributed by atoms with Crippen molar-refractivity contribution in [3.05, 3.63) is 0 Å². The molecule has 0 radical (unpaired) electrons. The Hall–Kier alpha value is -0.170. The van der Waals surface area contributed by atoms with Crippen LogP contribution in [0, 0.1) is 5.92 Å². The van der Waals surface area contributed by atoms with Crippen LogP contribution in [-0.4, -0.2) is 56.3 Å². The summed E-state index contributed by atoms with van der Waals surface area (Å²) in [6.45, 7) is 4.82. The third-order valence-corrected chi connectivity index (χ3v) is 6.77. The van der Waals surface area contributed by atoms with E-state index in [1.807, 2.05) is 14.0 Å². The number of hydrogen-bond donors (Lipinski definition) is 1. The van der Waals surface area contributed by atoms with E-state index in [2.05, 4.69) is 5.32 Å². The Kier molecular flexibility index (Phi) is 5.84. The molecule has 0 bridgehead atoms. The largest absolute Gasteiger partial charge is 0.319 e. The van der Waals surface area contributed by atoms with Crippen LogP contribution in [0.15, 0.2) is 0 Å². The van der Waals surface area contributed by atoms with Crippen molar-refractivity contribution in [2.75, 3.05) is 33.2 Å². The van der Waals surface area contributed by atoms with E-state index >= 15 is 0 Å². The lowest BCUT2D eigenvalue weighted by atomic mass is 10.00. The zero-order chi connectivity index (χ0) is 14.6. The minimum absolute atomic E-state index is 0.231. The maximum atomic E-state index is 12.9. The third-order valence-electron chi connectivity index (χ3n) is 4.64. The summed E-state index contributed by atoms with van der Waals surface area (Å²) in [7, 11) is -1.34. The first-order valence-corrected chi connectivity index (χ1v) is 9.40. The molecule has 5 nitrogen and oxygen atoms in total. The summed E-state index contributed by atoms with van der Waals surface area (Å²) in [5, 5.41) is 3.17. The van der Waals surface area contributed by atoms with Gasteiger partial charge >= 0.3 is 0 Å². The van der Waals surface area contributed by atoms with Crippen LogP contribution in [0.25, 0.3) is 0 Å². The van der Waals surface area contributed by atoms with E-state index in [-0.39, 0.29) is 6.04 Å². The van der Waals surface area contributed by atoms with Crippen LogP contribution in [-0.2, 0) is 10.2 Å². The van der Waals surface area contributed by atoms with Crippen LogP contribution in [0.2, 0.25) is 0 Å². The van der Waals surface area contributed by atoms with Crippen molar-refractivity contribution in [1.82, 2.24) is 13.9 Å². The Balaban J connectivity index is 2.07. The highest BCUT2D eigenvalue weighted by atomic mass is 32.2. The molecule has 1 aliphatic heterocycles. The summed E-state index contributed by atoms with van der Waals surface area (Å²) in [4.78, 5) is 0. The predicted octanol–water partition coefficient (Wildman–Crippen LogP) is 1.43. The van der Waals surface area contributed by atoms with Gasteiger partial charge in [-0.2, -0.15) is 17.0 Å². The van der Waals surface area contributed by atoms with E-state index in [0.29, 0.717) is 25.6 Å². The molecule has 0 aromatic carbocycles. The van der Waals surface area contributed by atoms with E-state index < -0.39 is 10.2 Å².